The zero-order valence-electron chi connectivity index (χ0n) is 16.6. The lowest BCUT2D eigenvalue weighted by molar-refractivity contribution is -0.116. The van der Waals surface area contributed by atoms with Gasteiger partial charge in [-0.15, -0.1) is 0 Å². The number of carbonyl (C=O) groups is 1. The van der Waals surface area contributed by atoms with Gasteiger partial charge in [-0.25, -0.2) is 13.4 Å². The van der Waals surface area contributed by atoms with Gasteiger partial charge in [-0.3, -0.25) is 4.79 Å². The number of nitrogens with one attached hydrogen (secondary N) is 1. The highest BCUT2D eigenvalue weighted by Crippen LogP contribution is 2.30. The molecule has 30 heavy (non-hydrogen) atoms. The largest absolute Gasteiger partial charge is 0.441 e. The molecular formula is C23H24N2O4S. The molecular weight excluding hydrogens is 400 g/mol. The molecule has 156 valence electrons. The van der Waals surface area contributed by atoms with Gasteiger partial charge >= 0.3 is 0 Å². The maximum absolute atomic E-state index is 12.6. The number of amides is 1. The zero-order chi connectivity index (χ0) is 21.0. The van der Waals surface area contributed by atoms with Gasteiger partial charge < -0.3 is 9.73 Å². The molecule has 3 aromatic rings. The number of aryl methyl sites for hydroxylation is 1. The standard InChI is InChI=1S/C23H24N2O4S/c26-22(14-15-23-24-16-21(29-23)17-6-2-1-3-7-17)25-18-10-12-20(13-11-18)30(27,28)19-8-4-5-9-19/h1-3,6-7,10-13,16,19H,4-5,8-9,14-15H2,(H,25,26). The van der Waals surface area contributed by atoms with Crippen LogP contribution in [0.5, 0.6) is 0 Å². The quantitative estimate of drug-likeness (QED) is 0.597. The summed E-state index contributed by atoms with van der Waals surface area (Å²) in [4.78, 5) is 16.8. The molecule has 2 aromatic carbocycles. The van der Waals surface area contributed by atoms with Crippen molar-refractivity contribution in [1.82, 2.24) is 4.98 Å². The Bertz CT molecular complexity index is 1100. The lowest BCUT2D eigenvalue weighted by atomic mass is 10.2. The zero-order valence-corrected chi connectivity index (χ0v) is 17.4. The van der Waals surface area contributed by atoms with E-state index in [1.807, 2.05) is 30.3 Å². The van der Waals surface area contributed by atoms with Crippen LogP contribution >= 0.6 is 0 Å². The Hall–Kier alpha value is -2.93. The first-order valence-electron chi connectivity index (χ1n) is 10.2. The third kappa shape index (κ3) is 4.62. The Morgan fingerprint density at radius 1 is 1.03 bits per heavy atom. The molecule has 0 spiro atoms. The Morgan fingerprint density at radius 3 is 2.43 bits per heavy atom. The summed E-state index contributed by atoms with van der Waals surface area (Å²) in [5.41, 5.74) is 1.51. The monoisotopic (exact) mass is 424 g/mol. The summed E-state index contributed by atoms with van der Waals surface area (Å²) in [6, 6.07) is 16.1. The SMILES string of the molecule is O=C(CCc1ncc(-c2ccccc2)o1)Nc1ccc(S(=O)(=O)C2CCCC2)cc1. The summed E-state index contributed by atoms with van der Waals surface area (Å²) in [5.74, 6) is 0.993. The molecule has 4 rings (SSSR count). The summed E-state index contributed by atoms with van der Waals surface area (Å²) < 4.78 is 31.0. The van der Waals surface area contributed by atoms with Crippen molar-refractivity contribution in [2.24, 2.45) is 0 Å². The van der Waals surface area contributed by atoms with Crippen LogP contribution in [0.3, 0.4) is 0 Å². The van der Waals surface area contributed by atoms with Crippen LogP contribution in [-0.4, -0.2) is 24.6 Å². The van der Waals surface area contributed by atoms with Gasteiger partial charge in [0, 0.05) is 24.1 Å². The van der Waals surface area contributed by atoms with Crippen LogP contribution in [0.15, 0.2) is 70.1 Å². The highest BCUT2D eigenvalue weighted by Gasteiger charge is 2.30. The number of sulfone groups is 1. The summed E-state index contributed by atoms with van der Waals surface area (Å²) in [5, 5.41) is 2.52. The average molecular weight is 425 g/mol. The summed E-state index contributed by atoms with van der Waals surface area (Å²) in [7, 11) is -3.28. The van der Waals surface area contributed by atoms with E-state index < -0.39 is 9.84 Å². The maximum Gasteiger partial charge on any atom is 0.224 e. The fourth-order valence-electron chi connectivity index (χ4n) is 3.72. The molecule has 0 atom stereocenters. The van der Waals surface area contributed by atoms with Crippen LogP contribution in [0.25, 0.3) is 11.3 Å². The van der Waals surface area contributed by atoms with Crippen LogP contribution in [0.4, 0.5) is 5.69 Å². The Balaban J connectivity index is 1.32. The van der Waals surface area contributed by atoms with Crippen LogP contribution in [-0.2, 0) is 21.1 Å². The van der Waals surface area contributed by atoms with Gasteiger partial charge in [0.25, 0.3) is 0 Å². The summed E-state index contributed by atoms with van der Waals surface area (Å²) >= 11 is 0. The van der Waals surface area contributed by atoms with Gasteiger partial charge in [-0.2, -0.15) is 0 Å². The van der Waals surface area contributed by atoms with E-state index in [-0.39, 0.29) is 17.6 Å². The number of aromatic nitrogens is 1. The van der Waals surface area contributed by atoms with Gasteiger partial charge in [0.15, 0.2) is 21.5 Å². The minimum atomic E-state index is -3.28. The van der Waals surface area contributed by atoms with Crippen molar-refractivity contribution in [2.45, 2.75) is 48.7 Å². The molecule has 1 N–H and O–H groups in total. The molecule has 1 heterocycles. The van der Waals surface area contributed by atoms with E-state index >= 15 is 0 Å². The third-order valence-corrected chi connectivity index (χ3v) is 7.66. The molecule has 1 amide bonds. The van der Waals surface area contributed by atoms with E-state index in [1.54, 1.807) is 30.5 Å². The van der Waals surface area contributed by atoms with Gasteiger partial charge in [0.1, 0.15) is 0 Å². The number of oxazole rings is 1. The fourth-order valence-corrected chi connectivity index (χ4v) is 5.58. The number of carbonyl (C=O) groups excluding carboxylic acids is 1. The Morgan fingerprint density at radius 2 is 1.73 bits per heavy atom. The smallest absolute Gasteiger partial charge is 0.224 e. The van der Waals surface area contributed by atoms with E-state index in [4.69, 9.17) is 4.42 Å². The molecule has 0 bridgehead atoms. The first-order chi connectivity index (χ1) is 14.5. The van der Waals surface area contributed by atoms with E-state index in [9.17, 15) is 13.2 Å². The lowest BCUT2D eigenvalue weighted by Gasteiger charge is -2.12. The molecule has 1 saturated carbocycles. The molecule has 1 aromatic heterocycles. The van der Waals surface area contributed by atoms with Crippen molar-refractivity contribution in [1.29, 1.82) is 0 Å². The fraction of sp³-hybridized carbons (Fsp3) is 0.304. The molecule has 0 radical (unpaired) electrons. The molecule has 1 aliphatic rings. The van der Waals surface area contributed by atoms with E-state index in [0.29, 0.717) is 28.7 Å². The topological polar surface area (TPSA) is 89.3 Å². The number of anilines is 1. The van der Waals surface area contributed by atoms with Crippen molar-refractivity contribution in [3.05, 3.63) is 66.7 Å². The molecule has 0 saturated heterocycles. The van der Waals surface area contributed by atoms with Gasteiger partial charge in [-0.1, -0.05) is 43.2 Å². The first kappa shape index (κ1) is 20.3. The van der Waals surface area contributed by atoms with Gasteiger partial charge in [0.05, 0.1) is 16.3 Å². The van der Waals surface area contributed by atoms with E-state index in [1.165, 1.54) is 0 Å². The molecule has 1 aliphatic carbocycles. The van der Waals surface area contributed by atoms with Crippen molar-refractivity contribution in [3.63, 3.8) is 0 Å². The van der Waals surface area contributed by atoms with Crippen LogP contribution < -0.4 is 5.32 Å². The molecule has 6 nitrogen and oxygen atoms in total. The molecule has 0 unspecified atom stereocenters. The number of rotatable bonds is 7. The van der Waals surface area contributed by atoms with Crippen molar-refractivity contribution < 1.29 is 17.6 Å². The number of hydrogen-bond acceptors (Lipinski definition) is 5. The van der Waals surface area contributed by atoms with Crippen LogP contribution in [0.1, 0.15) is 38.0 Å². The van der Waals surface area contributed by atoms with Gasteiger partial charge in [-0.05, 0) is 37.1 Å². The summed E-state index contributed by atoms with van der Waals surface area (Å²) in [6.07, 6.45) is 5.65. The Labute approximate surface area is 176 Å². The Kier molecular flexibility index (Phi) is 5.99. The van der Waals surface area contributed by atoms with Gasteiger partial charge in [0.2, 0.25) is 5.91 Å². The lowest BCUT2D eigenvalue weighted by Crippen LogP contribution is -2.18. The van der Waals surface area contributed by atoms with E-state index in [0.717, 1.165) is 31.2 Å². The van der Waals surface area contributed by atoms with Crippen molar-refractivity contribution >= 4 is 21.4 Å². The third-order valence-electron chi connectivity index (χ3n) is 5.39. The molecule has 0 aliphatic heterocycles. The predicted molar refractivity (Wildman–Crippen MR) is 115 cm³/mol. The van der Waals surface area contributed by atoms with Crippen molar-refractivity contribution in [2.75, 3.05) is 5.32 Å². The van der Waals surface area contributed by atoms with Crippen LogP contribution in [0.2, 0.25) is 0 Å². The average Bonchev–Trinajstić information content (AvgIpc) is 3.46. The second kappa shape index (κ2) is 8.83. The predicted octanol–water partition coefficient (Wildman–Crippen LogP) is 4.63. The second-order valence-corrected chi connectivity index (χ2v) is 9.74. The molecule has 1 fully saturated rings. The highest BCUT2D eigenvalue weighted by molar-refractivity contribution is 7.92. The highest BCUT2D eigenvalue weighted by atomic mass is 32.2. The normalized spacial score (nSPS) is 14.7. The minimum absolute atomic E-state index is 0.180. The van der Waals surface area contributed by atoms with E-state index in [2.05, 4.69) is 10.3 Å². The molecule has 7 heteroatoms. The first-order valence-corrected chi connectivity index (χ1v) is 11.7. The minimum Gasteiger partial charge on any atom is -0.441 e. The number of nitrogens with zero attached hydrogens (tertiary/aromatic N) is 1. The van der Waals surface area contributed by atoms with Crippen molar-refractivity contribution in [3.8, 4) is 11.3 Å². The second-order valence-electron chi connectivity index (χ2n) is 7.51. The number of benzene rings is 2. The van der Waals surface area contributed by atoms with Crippen LogP contribution in [0, 0.1) is 0 Å². The number of hydrogen-bond donors (Lipinski definition) is 1. The summed E-state index contributed by atoms with van der Waals surface area (Å²) in [6.45, 7) is 0. The maximum atomic E-state index is 12.6.